The van der Waals surface area contributed by atoms with E-state index in [2.05, 4.69) is 13.8 Å². The molecule has 0 bridgehead atoms. The van der Waals surface area contributed by atoms with Crippen molar-refractivity contribution < 1.29 is 4.74 Å². The molecule has 1 aliphatic rings. The van der Waals surface area contributed by atoms with Crippen molar-refractivity contribution in [3.05, 3.63) is 0 Å². The Labute approximate surface area is 51.0 Å². The van der Waals surface area contributed by atoms with Crippen molar-refractivity contribution >= 4 is 0 Å². The molecule has 1 heteroatoms. The summed E-state index contributed by atoms with van der Waals surface area (Å²) < 4.78 is 5.39. The van der Waals surface area contributed by atoms with Crippen molar-refractivity contribution in [1.29, 1.82) is 0 Å². The summed E-state index contributed by atoms with van der Waals surface area (Å²) in [5.41, 5.74) is 0. The molecule has 1 aliphatic heterocycles. The topological polar surface area (TPSA) is 9.23 Å². The molecule has 1 heterocycles. The average molecular weight is 114 g/mol. The smallest absolute Gasteiger partial charge is 0.0547 e. The molecule has 48 valence electrons. The van der Waals surface area contributed by atoms with E-state index in [-0.39, 0.29) is 0 Å². The van der Waals surface area contributed by atoms with E-state index in [1.807, 2.05) is 0 Å². The first-order chi connectivity index (χ1) is 3.79. The molecule has 1 nitrogen and oxygen atoms in total. The van der Waals surface area contributed by atoms with Gasteiger partial charge in [-0.15, -0.1) is 0 Å². The maximum absolute atomic E-state index is 5.39. The van der Waals surface area contributed by atoms with Crippen LogP contribution in [0.1, 0.15) is 26.7 Å². The van der Waals surface area contributed by atoms with E-state index in [9.17, 15) is 0 Å². The SMILES string of the molecule is C[C@@H]1CC[C@H](C)OC1. The number of ether oxygens (including phenoxy) is 1. The van der Waals surface area contributed by atoms with Gasteiger partial charge in [0.2, 0.25) is 0 Å². The molecule has 0 aromatic rings. The van der Waals surface area contributed by atoms with Crippen LogP contribution in [0.2, 0.25) is 0 Å². The highest BCUT2D eigenvalue weighted by Crippen LogP contribution is 2.16. The largest absolute Gasteiger partial charge is 0.378 e. The molecule has 0 spiro atoms. The fourth-order valence-electron chi connectivity index (χ4n) is 1.01. The minimum absolute atomic E-state index is 0.520. The normalized spacial score (nSPS) is 39.8. The third-order valence-electron chi connectivity index (χ3n) is 1.73. The van der Waals surface area contributed by atoms with Crippen molar-refractivity contribution in [1.82, 2.24) is 0 Å². The Bertz CT molecular complexity index is 52.8. The van der Waals surface area contributed by atoms with Gasteiger partial charge in [-0.2, -0.15) is 0 Å². The fourth-order valence-corrected chi connectivity index (χ4v) is 1.01. The van der Waals surface area contributed by atoms with Gasteiger partial charge in [-0.3, -0.25) is 0 Å². The number of hydrogen-bond donors (Lipinski definition) is 0. The quantitative estimate of drug-likeness (QED) is 0.466. The predicted molar refractivity (Wildman–Crippen MR) is 33.8 cm³/mol. The van der Waals surface area contributed by atoms with E-state index >= 15 is 0 Å². The van der Waals surface area contributed by atoms with E-state index in [4.69, 9.17) is 4.74 Å². The molecule has 0 aromatic carbocycles. The molecular formula is C7H14O. The van der Waals surface area contributed by atoms with Gasteiger partial charge < -0.3 is 4.74 Å². The maximum Gasteiger partial charge on any atom is 0.0547 e. The minimum atomic E-state index is 0.520. The Kier molecular flexibility index (Phi) is 1.90. The van der Waals surface area contributed by atoms with Crippen LogP contribution in [0, 0.1) is 5.92 Å². The van der Waals surface area contributed by atoms with Gasteiger partial charge in [0, 0.05) is 6.61 Å². The van der Waals surface area contributed by atoms with Crippen LogP contribution < -0.4 is 0 Å². The zero-order valence-electron chi connectivity index (χ0n) is 5.68. The van der Waals surface area contributed by atoms with Crippen molar-refractivity contribution in [2.45, 2.75) is 32.8 Å². The lowest BCUT2D eigenvalue weighted by molar-refractivity contribution is 0.000267. The second-order valence-electron chi connectivity index (χ2n) is 2.83. The van der Waals surface area contributed by atoms with Crippen LogP contribution in [0.5, 0.6) is 0 Å². The lowest BCUT2D eigenvalue weighted by atomic mass is 10.0. The zero-order valence-corrected chi connectivity index (χ0v) is 5.68. The molecule has 0 aliphatic carbocycles. The monoisotopic (exact) mass is 114 g/mol. The van der Waals surface area contributed by atoms with Gasteiger partial charge in [-0.1, -0.05) is 6.92 Å². The summed E-state index contributed by atoms with van der Waals surface area (Å²) in [4.78, 5) is 0. The molecule has 1 rings (SSSR count). The lowest BCUT2D eigenvalue weighted by Gasteiger charge is -2.23. The van der Waals surface area contributed by atoms with Gasteiger partial charge >= 0.3 is 0 Å². The van der Waals surface area contributed by atoms with Crippen molar-refractivity contribution in [2.75, 3.05) is 6.61 Å². The Balaban J connectivity index is 2.19. The van der Waals surface area contributed by atoms with Gasteiger partial charge in [0.15, 0.2) is 0 Å². The van der Waals surface area contributed by atoms with Crippen LogP contribution in [0.4, 0.5) is 0 Å². The zero-order chi connectivity index (χ0) is 5.98. The molecule has 0 saturated carbocycles. The Morgan fingerprint density at radius 1 is 1.25 bits per heavy atom. The average Bonchev–Trinajstić information content (AvgIpc) is 1.77. The predicted octanol–water partition coefficient (Wildman–Crippen LogP) is 1.82. The van der Waals surface area contributed by atoms with Gasteiger partial charge in [-0.05, 0) is 25.7 Å². The van der Waals surface area contributed by atoms with E-state index in [0.29, 0.717) is 6.10 Å². The van der Waals surface area contributed by atoms with Crippen LogP contribution in [0.3, 0.4) is 0 Å². The van der Waals surface area contributed by atoms with Crippen molar-refractivity contribution in [3.63, 3.8) is 0 Å². The summed E-state index contributed by atoms with van der Waals surface area (Å²) in [6, 6.07) is 0. The standard InChI is InChI=1S/C7H14O/c1-6-3-4-7(2)8-5-6/h6-7H,3-5H2,1-2H3/t6-,7+/m1/s1. The molecule has 1 fully saturated rings. The summed E-state index contributed by atoms with van der Waals surface area (Å²) >= 11 is 0. The third kappa shape index (κ3) is 1.48. The number of rotatable bonds is 0. The van der Waals surface area contributed by atoms with Crippen LogP contribution in [0.25, 0.3) is 0 Å². The Morgan fingerprint density at radius 3 is 2.38 bits per heavy atom. The Morgan fingerprint density at radius 2 is 2.00 bits per heavy atom. The van der Waals surface area contributed by atoms with Gasteiger partial charge in [0.1, 0.15) is 0 Å². The summed E-state index contributed by atoms with van der Waals surface area (Å²) in [7, 11) is 0. The first-order valence-electron chi connectivity index (χ1n) is 3.40. The lowest BCUT2D eigenvalue weighted by Crippen LogP contribution is -2.21. The maximum atomic E-state index is 5.39. The molecule has 8 heavy (non-hydrogen) atoms. The van der Waals surface area contributed by atoms with Gasteiger partial charge in [0.05, 0.1) is 6.10 Å². The van der Waals surface area contributed by atoms with E-state index < -0.39 is 0 Å². The molecular weight excluding hydrogens is 100 g/mol. The first-order valence-corrected chi connectivity index (χ1v) is 3.40. The van der Waals surface area contributed by atoms with Crippen molar-refractivity contribution in [3.8, 4) is 0 Å². The minimum Gasteiger partial charge on any atom is -0.378 e. The first kappa shape index (κ1) is 6.09. The summed E-state index contributed by atoms with van der Waals surface area (Å²) in [5, 5.41) is 0. The third-order valence-corrected chi connectivity index (χ3v) is 1.73. The van der Waals surface area contributed by atoms with Crippen LogP contribution >= 0.6 is 0 Å². The van der Waals surface area contributed by atoms with Crippen LogP contribution in [-0.4, -0.2) is 12.7 Å². The molecule has 0 aromatic heterocycles. The molecule has 0 N–H and O–H groups in total. The highest BCUT2D eigenvalue weighted by atomic mass is 16.5. The van der Waals surface area contributed by atoms with Gasteiger partial charge in [-0.25, -0.2) is 0 Å². The van der Waals surface area contributed by atoms with Crippen LogP contribution in [0.15, 0.2) is 0 Å². The van der Waals surface area contributed by atoms with Crippen LogP contribution in [-0.2, 0) is 4.74 Å². The second-order valence-corrected chi connectivity index (χ2v) is 2.83. The molecule has 2 atom stereocenters. The second kappa shape index (κ2) is 2.49. The van der Waals surface area contributed by atoms with Crippen molar-refractivity contribution in [2.24, 2.45) is 5.92 Å². The molecule has 0 unspecified atom stereocenters. The highest BCUT2D eigenvalue weighted by molar-refractivity contribution is 4.62. The Hall–Kier alpha value is -0.0400. The molecule has 0 amide bonds. The molecule has 0 radical (unpaired) electrons. The summed E-state index contributed by atoms with van der Waals surface area (Å²) in [6.45, 7) is 5.36. The van der Waals surface area contributed by atoms with E-state index in [0.717, 1.165) is 12.5 Å². The van der Waals surface area contributed by atoms with Gasteiger partial charge in [0.25, 0.3) is 0 Å². The highest BCUT2D eigenvalue weighted by Gasteiger charge is 2.13. The molecule has 1 saturated heterocycles. The number of hydrogen-bond acceptors (Lipinski definition) is 1. The fraction of sp³-hybridized carbons (Fsp3) is 1.00. The summed E-state index contributed by atoms with van der Waals surface area (Å²) in [6.07, 6.45) is 3.12. The van der Waals surface area contributed by atoms with E-state index in [1.54, 1.807) is 0 Å². The van der Waals surface area contributed by atoms with E-state index in [1.165, 1.54) is 12.8 Å². The summed E-state index contributed by atoms with van der Waals surface area (Å²) in [5.74, 6) is 0.797.